The van der Waals surface area contributed by atoms with Crippen LogP contribution in [0.3, 0.4) is 0 Å². The van der Waals surface area contributed by atoms with Gasteiger partial charge in [0.25, 0.3) is 0 Å². The lowest BCUT2D eigenvalue weighted by Gasteiger charge is -2.14. The largest absolute Gasteiger partial charge is 0.393 e. The molecule has 0 spiro atoms. The van der Waals surface area contributed by atoms with Crippen molar-refractivity contribution >= 4 is 12.2 Å². The van der Waals surface area contributed by atoms with Crippen LogP contribution in [0.4, 0.5) is 0 Å². The van der Waals surface area contributed by atoms with Crippen molar-refractivity contribution < 1.29 is 19.8 Å². The summed E-state index contributed by atoms with van der Waals surface area (Å²) in [5, 5.41) is 17.8. The van der Waals surface area contributed by atoms with Gasteiger partial charge in [-0.05, 0) is 25.7 Å². The van der Waals surface area contributed by atoms with E-state index in [1.54, 1.807) is 0 Å². The number of hydrogen-bond donors (Lipinski definition) is 2. The van der Waals surface area contributed by atoms with E-state index in [2.05, 4.69) is 9.98 Å². The minimum Gasteiger partial charge on any atom is -0.393 e. The van der Waals surface area contributed by atoms with E-state index in [1.807, 2.05) is 0 Å². The lowest BCUT2D eigenvalue weighted by atomic mass is 9.98. The van der Waals surface area contributed by atoms with E-state index in [-0.39, 0.29) is 25.3 Å². The summed E-state index contributed by atoms with van der Waals surface area (Å²) in [4.78, 5) is 24.9. The lowest BCUT2D eigenvalue weighted by molar-refractivity contribution is 0.130. The molecule has 2 fully saturated rings. The van der Waals surface area contributed by atoms with Crippen LogP contribution in [0.5, 0.6) is 0 Å². The van der Waals surface area contributed by atoms with Crippen LogP contribution in [-0.4, -0.2) is 47.7 Å². The quantitative estimate of drug-likeness (QED) is 0.474. The fourth-order valence-electron chi connectivity index (χ4n) is 2.35. The molecule has 2 aliphatic carbocycles. The Balaban J connectivity index is 0.000000301. The molecule has 0 amide bonds. The number of aliphatic hydroxyl groups excluding tert-OH is 2. The Morgan fingerprint density at radius 3 is 1.18 bits per heavy atom. The average molecular weight is 312 g/mol. The molecule has 2 aliphatic rings. The molecule has 0 saturated heterocycles. The molecule has 2 N–H and O–H groups in total. The zero-order valence-electron chi connectivity index (χ0n) is 13.2. The van der Waals surface area contributed by atoms with Gasteiger partial charge in [0.1, 0.15) is 0 Å². The number of nitrogens with zero attached hydrogens (tertiary/aromatic N) is 2. The topological polar surface area (TPSA) is 99.3 Å². The third-order valence-corrected chi connectivity index (χ3v) is 3.60. The zero-order chi connectivity index (χ0) is 16.5. The van der Waals surface area contributed by atoms with E-state index in [0.717, 1.165) is 25.7 Å². The highest BCUT2D eigenvalue weighted by Crippen LogP contribution is 2.16. The van der Waals surface area contributed by atoms with Crippen molar-refractivity contribution in [1.82, 2.24) is 0 Å². The molecule has 2 saturated carbocycles. The van der Waals surface area contributed by atoms with E-state index in [4.69, 9.17) is 10.2 Å². The zero-order valence-corrected chi connectivity index (χ0v) is 13.2. The monoisotopic (exact) mass is 312 g/mol. The van der Waals surface area contributed by atoms with Gasteiger partial charge in [0.2, 0.25) is 12.2 Å². The van der Waals surface area contributed by atoms with Crippen LogP contribution in [0.25, 0.3) is 0 Å². The fourth-order valence-corrected chi connectivity index (χ4v) is 2.35. The standard InChI is InChI=1S/2C6H12O.C4H4N2O2/c2*7-6-4-2-1-3-5-6;7-3-5-1-2-6-4-8/h2*6-7H,1-5H2;1-2H2. The molecule has 0 aliphatic heterocycles. The van der Waals surface area contributed by atoms with Crippen LogP contribution < -0.4 is 0 Å². The molecule has 126 valence electrons. The van der Waals surface area contributed by atoms with Gasteiger partial charge in [-0.3, -0.25) is 0 Å². The van der Waals surface area contributed by atoms with Gasteiger partial charge in [-0.15, -0.1) is 0 Å². The highest BCUT2D eigenvalue weighted by Gasteiger charge is 2.08. The Morgan fingerprint density at radius 2 is 1.00 bits per heavy atom. The first-order chi connectivity index (χ1) is 10.7. The normalized spacial score (nSPS) is 18.5. The van der Waals surface area contributed by atoms with Crippen molar-refractivity contribution in [2.24, 2.45) is 9.98 Å². The van der Waals surface area contributed by atoms with Gasteiger partial charge in [-0.2, -0.15) is 0 Å². The molecule has 6 heteroatoms. The molecule has 22 heavy (non-hydrogen) atoms. The molecule has 0 radical (unpaired) electrons. The molecule has 6 nitrogen and oxygen atoms in total. The van der Waals surface area contributed by atoms with Crippen LogP contribution >= 0.6 is 0 Å². The number of hydrogen-bond acceptors (Lipinski definition) is 6. The Labute approximate surface area is 132 Å². The van der Waals surface area contributed by atoms with Crippen molar-refractivity contribution in [2.75, 3.05) is 13.1 Å². The third kappa shape index (κ3) is 15.1. The maximum Gasteiger partial charge on any atom is 0.235 e. The van der Waals surface area contributed by atoms with Crippen LogP contribution in [-0.2, 0) is 9.59 Å². The van der Waals surface area contributed by atoms with Gasteiger partial charge in [0.15, 0.2) is 0 Å². The van der Waals surface area contributed by atoms with E-state index in [0.29, 0.717) is 0 Å². The van der Waals surface area contributed by atoms with Crippen molar-refractivity contribution in [2.45, 2.75) is 76.4 Å². The molecular weight excluding hydrogens is 284 g/mol. The van der Waals surface area contributed by atoms with Gasteiger partial charge in [-0.1, -0.05) is 38.5 Å². The Morgan fingerprint density at radius 1 is 0.682 bits per heavy atom. The highest BCUT2D eigenvalue weighted by atomic mass is 16.3. The van der Waals surface area contributed by atoms with Crippen molar-refractivity contribution in [3.05, 3.63) is 0 Å². The SMILES string of the molecule is O=C=NCCN=C=O.OC1CCCCC1.OC1CCCCC1. The molecule has 2 rings (SSSR count). The molecular formula is C16H28N2O4. The number of aliphatic imine (C=N–C) groups is 2. The highest BCUT2D eigenvalue weighted by molar-refractivity contribution is 5.34. The minimum atomic E-state index is 0.0359. The minimum absolute atomic E-state index is 0.0359. The van der Waals surface area contributed by atoms with Gasteiger partial charge < -0.3 is 10.2 Å². The average Bonchev–Trinajstić information content (AvgIpc) is 2.54. The van der Waals surface area contributed by atoms with Crippen LogP contribution in [0.1, 0.15) is 64.2 Å². The second-order valence-electron chi connectivity index (χ2n) is 5.53. The summed E-state index contributed by atoms with van der Waals surface area (Å²) < 4.78 is 0. The van der Waals surface area contributed by atoms with E-state index in [1.165, 1.54) is 50.7 Å². The number of carbonyl (C=O) groups excluding carboxylic acids is 2. The maximum absolute atomic E-state index is 9.34. The first kappa shape index (κ1) is 20.7. The summed E-state index contributed by atoms with van der Waals surface area (Å²) in [6.45, 7) is 0.442. The van der Waals surface area contributed by atoms with Crippen LogP contribution in [0.15, 0.2) is 9.98 Å². The lowest BCUT2D eigenvalue weighted by Crippen LogP contribution is -2.09. The van der Waals surface area contributed by atoms with Gasteiger partial charge in [0.05, 0.1) is 25.3 Å². The second-order valence-corrected chi connectivity index (χ2v) is 5.53. The van der Waals surface area contributed by atoms with Crippen molar-refractivity contribution in [3.63, 3.8) is 0 Å². The first-order valence-corrected chi connectivity index (χ1v) is 8.14. The molecule has 0 aromatic rings. The van der Waals surface area contributed by atoms with Gasteiger partial charge in [0, 0.05) is 0 Å². The van der Waals surface area contributed by atoms with E-state index < -0.39 is 0 Å². The second kappa shape index (κ2) is 16.1. The predicted octanol–water partition coefficient (Wildman–Crippen LogP) is 2.28. The van der Waals surface area contributed by atoms with Crippen LogP contribution in [0, 0.1) is 0 Å². The Bertz CT molecular complexity index is 304. The molecule has 0 bridgehead atoms. The molecule has 0 unspecified atom stereocenters. The summed E-state index contributed by atoms with van der Waals surface area (Å²) in [7, 11) is 0. The molecule has 0 atom stereocenters. The Kier molecular flexibility index (Phi) is 15.1. The first-order valence-electron chi connectivity index (χ1n) is 8.14. The van der Waals surface area contributed by atoms with E-state index in [9.17, 15) is 9.59 Å². The smallest absolute Gasteiger partial charge is 0.235 e. The third-order valence-electron chi connectivity index (χ3n) is 3.60. The summed E-state index contributed by atoms with van der Waals surface area (Å²) in [5.74, 6) is 0. The molecule has 0 aromatic carbocycles. The van der Waals surface area contributed by atoms with Crippen LogP contribution in [0.2, 0.25) is 0 Å². The van der Waals surface area contributed by atoms with Gasteiger partial charge >= 0.3 is 0 Å². The van der Waals surface area contributed by atoms with Crippen molar-refractivity contribution in [3.8, 4) is 0 Å². The van der Waals surface area contributed by atoms with Gasteiger partial charge in [-0.25, -0.2) is 19.6 Å². The fraction of sp³-hybridized carbons (Fsp3) is 0.875. The number of isocyanates is 2. The van der Waals surface area contributed by atoms with E-state index >= 15 is 0 Å². The summed E-state index contributed by atoms with van der Waals surface area (Å²) in [5.41, 5.74) is 0. The predicted molar refractivity (Wildman–Crippen MR) is 84.2 cm³/mol. The van der Waals surface area contributed by atoms with Crippen molar-refractivity contribution in [1.29, 1.82) is 0 Å². The summed E-state index contributed by atoms with van der Waals surface area (Å²) in [6.07, 6.45) is 14.5. The number of rotatable bonds is 3. The number of aliphatic hydroxyl groups is 2. The Hall–Kier alpha value is -1.32. The molecule has 0 heterocycles. The molecule has 0 aromatic heterocycles. The summed E-state index contributed by atoms with van der Waals surface area (Å²) >= 11 is 0. The summed E-state index contributed by atoms with van der Waals surface area (Å²) in [6, 6.07) is 0. The maximum atomic E-state index is 9.34.